The van der Waals surface area contributed by atoms with Gasteiger partial charge in [0, 0.05) is 12.5 Å². The quantitative estimate of drug-likeness (QED) is 0.599. The molecule has 1 rings (SSSR count). The second-order valence-corrected chi connectivity index (χ2v) is 5.61. The van der Waals surface area contributed by atoms with Crippen LogP contribution in [0.1, 0.15) is 71.0 Å². The number of nitrogens with zero attached hydrogens (tertiary/aromatic N) is 4. The van der Waals surface area contributed by atoms with Gasteiger partial charge in [0.2, 0.25) is 0 Å². The van der Waals surface area contributed by atoms with Crippen molar-refractivity contribution in [3.05, 3.63) is 5.82 Å². The van der Waals surface area contributed by atoms with Crippen molar-refractivity contribution >= 4 is 0 Å². The van der Waals surface area contributed by atoms with Crippen LogP contribution >= 0.6 is 0 Å². The summed E-state index contributed by atoms with van der Waals surface area (Å²) in [6.07, 6.45) is 11.4. The Morgan fingerprint density at radius 2 is 1.80 bits per heavy atom. The number of aromatic nitrogens is 4. The SMILES string of the molecule is CCCCCCCCC(Cc1nnn(C)n1)NCCC. The third kappa shape index (κ3) is 7.58. The lowest BCUT2D eigenvalue weighted by atomic mass is 10.0. The first kappa shape index (κ1) is 17.1. The van der Waals surface area contributed by atoms with Gasteiger partial charge in [0.05, 0.1) is 7.05 Å². The molecule has 1 aromatic heterocycles. The van der Waals surface area contributed by atoms with Crippen LogP contribution < -0.4 is 5.32 Å². The molecule has 0 saturated heterocycles. The molecule has 116 valence electrons. The second kappa shape index (κ2) is 10.8. The van der Waals surface area contributed by atoms with Crippen LogP contribution in [0.5, 0.6) is 0 Å². The molecule has 0 aliphatic rings. The molecule has 0 saturated carbocycles. The molecule has 0 amide bonds. The average Bonchev–Trinajstić information content (AvgIpc) is 2.85. The Morgan fingerprint density at radius 3 is 2.45 bits per heavy atom. The van der Waals surface area contributed by atoms with Crippen LogP contribution in [0, 0.1) is 0 Å². The van der Waals surface area contributed by atoms with E-state index in [2.05, 4.69) is 34.6 Å². The molecule has 0 aromatic carbocycles. The molecule has 0 aliphatic heterocycles. The Bertz CT molecular complexity index is 337. The van der Waals surface area contributed by atoms with Gasteiger partial charge in [-0.2, -0.15) is 4.80 Å². The van der Waals surface area contributed by atoms with Crippen molar-refractivity contribution in [2.24, 2.45) is 7.05 Å². The lowest BCUT2D eigenvalue weighted by Crippen LogP contribution is -2.32. The molecule has 1 unspecified atom stereocenters. The molecule has 1 N–H and O–H groups in total. The Labute approximate surface area is 123 Å². The van der Waals surface area contributed by atoms with Crippen molar-refractivity contribution in [1.82, 2.24) is 25.5 Å². The van der Waals surface area contributed by atoms with Crippen LogP contribution in [0.25, 0.3) is 0 Å². The fourth-order valence-corrected chi connectivity index (χ4v) is 2.42. The summed E-state index contributed by atoms with van der Waals surface area (Å²) in [5.41, 5.74) is 0. The highest BCUT2D eigenvalue weighted by Crippen LogP contribution is 2.10. The molecule has 5 heteroatoms. The highest BCUT2D eigenvalue weighted by atomic mass is 15.6. The number of rotatable bonds is 12. The van der Waals surface area contributed by atoms with E-state index in [4.69, 9.17) is 0 Å². The van der Waals surface area contributed by atoms with Gasteiger partial charge >= 0.3 is 0 Å². The summed E-state index contributed by atoms with van der Waals surface area (Å²) in [7, 11) is 1.82. The van der Waals surface area contributed by atoms with Gasteiger partial charge in [-0.1, -0.05) is 52.4 Å². The van der Waals surface area contributed by atoms with Crippen molar-refractivity contribution in [3.8, 4) is 0 Å². The van der Waals surface area contributed by atoms with E-state index >= 15 is 0 Å². The maximum Gasteiger partial charge on any atom is 0.176 e. The molecule has 1 heterocycles. The number of tetrazole rings is 1. The maximum absolute atomic E-state index is 4.28. The van der Waals surface area contributed by atoms with Gasteiger partial charge in [0.25, 0.3) is 0 Å². The molecule has 5 nitrogen and oxygen atoms in total. The summed E-state index contributed by atoms with van der Waals surface area (Å²) in [5.74, 6) is 0.854. The summed E-state index contributed by atoms with van der Waals surface area (Å²) in [6.45, 7) is 5.54. The Kier molecular flexibility index (Phi) is 9.20. The Balaban J connectivity index is 2.24. The molecule has 1 atom stereocenters. The lowest BCUT2D eigenvalue weighted by Gasteiger charge is -2.16. The number of unbranched alkanes of at least 4 members (excludes halogenated alkanes) is 5. The van der Waals surface area contributed by atoms with Crippen molar-refractivity contribution < 1.29 is 0 Å². The summed E-state index contributed by atoms with van der Waals surface area (Å²) >= 11 is 0. The van der Waals surface area contributed by atoms with Crippen LogP contribution in [0.4, 0.5) is 0 Å². The monoisotopic (exact) mass is 281 g/mol. The minimum atomic E-state index is 0.491. The molecule has 20 heavy (non-hydrogen) atoms. The fourth-order valence-electron chi connectivity index (χ4n) is 2.42. The molecule has 0 aliphatic carbocycles. The number of hydrogen-bond donors (Lipinski definition) is 1. The number of hydrogen-bond acceptors (Lipinski definition) is 4. The van der Waals surface area contributed by atoms with Gasteiger partial charge in [-0.15, -0.1) is 10.2 Å². The van der Waals surface area contributed by atoms with Gasteiger partial charge in [0.15, 0.2) is 5.82 Å². The fraction of sp³-hybridized carbons (Fsp3) is 0.933. The van der Waals surface area contributed by atoms with Crippen LogP contribution in [0.15, 0.2) is 0 Å². The number of aryl methyl sites for hydroxylation is 1. The minimum Gasteiger partial charge on any atom is -0.314 e. The lowest BCUT2D eigenvalue weighted by molar-refractivity contribution is 0.443. The van der Waals surface area contributed by atoms with Gasteiger partial charge < -0.3 is 5.32 Å². The molecule has 0 spiro atoms. The van der Waals surface area contributed by atoms with E-state index in [1.54, 1.807) is 0 Å². The van der Waals surface area contributed by atoms with Crippen LogP contribution in [0.3, 0.4) is 0 Å². The zero-order valence-corrected chi connectivity index (χ0v) is 13.4. The smallest absolute Gasteiger partial charge is 0.176 e. The van der Waals surface area contributed by atoms with E-state index in [0.29, 0.717) is 6.04 Å². The predicted octanol–water partition coefficient (Wildman–Crippen LogP) is 2.87. The van der Waals surface area contributed by atoms with E-state index in [1.807, 2.05) is 7.05 Å². The normalized spacial score (nSPS) is 12.8. The summed E-state index contributed by atoms with van der Waals surface area (Å²) < 4.78 is 0. The minimum absolute atomic E-state index is 0.491. The van der Waals surface area contributed by atoms with Gasteiger partial charge in [-0.25, -0.2) is 0 Å². The summed E-state index contributed by atoms with van der Waals surface area (Å²) in [4.78, 5) is 1.54. The van der Waals surface area contributed by atoms with Gasteiger partial charge in [-0.05, 0) is 24.6 Å². The van der Waals surface area contributed by atoms with E-state index in [1.165, 1.54) is 56.2 Å². The van der Waals surface area contributed by atoms with E-state index in [9.17, 15) is 0 Å². The first-order valence-corrected chi connectivity index (χ1v) is 8.22. The van der Waals surface area contributed by atoms with Crippen molar-refractivity contribution in [3.63, 3.8) is 0 Å². The topological polar surface area (TPSA) is 55.6 Å². The van der Waals surface area contributed by atoms with Crippen LogP contribution in [-0.2, 0) is 13.5 Å². The van der Waals surface area contributed by atoms with Crippen LogP contribution in [0.2, 0.25) is 0 Å². The Hall–Kier alpha value is -0.970. The molecule has 0 bridgehead atoms. The second-order valence-electron chi connectivity index (χ2n) is 5.61. The molecule has 1 aromatic rings. The zero-order chi connectivity index (χ0) is 14.6. The van der Waals surface area contributed by atoms with Crippen LogP contribution in [-0.4, -0.2) is 32.8 Å². The highest BCUT2D eigenvalue weighted by Gasteiger charge is 2.12. The van der Waals surface area contributed by atoms with Crippen molar-refractivity contribution in [1.29, 1.82) is 0 Å². The van der Waals surface area contributed by atoms with Crippen molar-refractivity contribution in [2.75, 3.05) is 6.54 Å². The average molecular weight is 281 g/mol. The zero-order valence-electron chi connectivity index (χ0n) is 13.4. The highest BCUT2D eigenvalue weighted by molar-refractivity contribution is 4.84. The standard InChI is InChI=1S/C15H31N5/c1-4-6-7-8-9-10-11-14(16-12-5-2)13-15-17-19-20(3)18-15/h14,16H,4-13H2,1-3H3. The molecule has 0 fully saturated rings. The largest absolute Gasteiger partial charge is 0.314 e. The summed E-state index contributed by atoms with van der Waals surface area (Å²) in [6, 6.07) is 0.491. The molecular formula is C15H31N5. The van der Waals surface area contributed by atoms with E-state index < -0.39 is 0 Å². The maximum atomic E-state index is 4.28. The van der Waals surface area contributed by atoms with Gasteiger partial charge in [-0.3, -0.25) is 0 Å². The first-order chi connectivity index (χ1) is 9.76. The third-order valence-electron chi connectivity index (χ3n) is 3.57. The number of nitrogens with one attached hydrogen (secondary N) is 1. The molecular weight excluding hydrogens is 250 g/mol. The predicted molar refractivity (Wildman–Crippen MR) is 82.6 cm³/mol. The molecule has 0 radical (unpaired) electrons. The first-order valence-electron chi connectivity index (χ1n) is 8.22. The van der Waals surface area contributed by atoms with Gasteiger partial charge in [0.1, 0.15) is 0 Å². The van der Waals surface area contributed by atoms with Crippen molar-refractivity contribution in [2.45, 2.75) is 77.7 Å². The summed E-state index contributed by atoms with van der Waals surface area (Å²) in [5, 5.41) is 15.9. The van der Waals surface area contributed by atoms with E-state index in [0.717, 1.165) is 18.8 Å². The Morgan fingerprint density at radius 1 is 1.05 bits per heavy atom. The third-order valence-corrected chi connectivity index (χ3v) is 3.57. The van der Waals surface area contributed by atoms with E-state index in [-0.39, 0.29) is 0 Å².